The summed E-state index contributed by atoms with van der Waals surface area (Å²) < 4.78 is 19.2. The third kappa shape index (κ3) is 3.53. The fraction of sp³-hybridized carbons (Fsp3) is 0.235. The Morgan fingerprint density at radius 2 is 1.90 bits per heavy atom. The molecule has 0 atom stereocenters. The van der Waals surface area contributed by atoms with Crippen LogP contribution in [0.15, 0.2) is 30.3 Å². The molecule has 2 aromatic carbocycles. The zero-order valence-electron chi connectivity index (χ0n) is 12.1. The first-order valence-corrected chi connectivity index (χ1v) is 6.97. The smallest absolute Gasteiger partial charge is 0.131 e. The van der Waals surface area contributed by atoms with Gasteiger partial charge < -0.3 is 4.74 Å². The quantitative estimate of drug-likeness (QED) is 0.742. The summed E-state index contributed by atoms with van der Waals surface area (Å²) >= 11 is 6.21. The van der Waals surface area contributed by atoms with Crippen LogP contribution in [0.3, 0.4) is 0 Å². The predicted octanol–water partition coefficient (Wildman–Crippen LogP) is 5.57. The highest BCUT2D eigenvalue weighted by molar-refractivity contribution is 6.31. The van der Waals surface area contributed by atoms with Gasteiger partial charge in [-0.1, -0.05) is 25.4 Å². The summed E-state index contributed by atoms with van der Waals surface area (Å²) in [7, 11) is 0. The minimum Gasteiger partial charge on any atom is -0.457 e. The minimum absolute atomic E-state index is 0.223. The molecule has 4 heteroatoms. The number of hydrogen-bond donors (Lipinski definition) is 0. The van der Waals surface area contributed by atoms with Gasteiger partial charge in [-0.2, -0.15) is 5.26 Å². The number of nitriles is 1. The molecule has 0 aliphatic rings. The molecule has 0 unspecified atom stereocenters. The molecule has 21 heavy (non-hydrogen) atoms. The first-order valence-electron chi connectivity index (χ1n) is 6.59. The van der Waals surface area contributed by atoms with Gasteiger partial charge in [0.05, 0.1) is 11.6 Å². The summed E-state index contributed by atoms with van der Waals surface area (Å²) in [6.45, 7) is 5.95. The van der Waals surface area contributed by atoms with Gasteiger partial charge in [-0.15, -0.1) is 0 Å². The molecule has 2 nitrogen and oxygen atoms in total. The zero-order chi connectivity index (χ0) is 15.6. The standard InChI is InChI=1S/C17H15ClFNO/c1-10(2)15-8-17(11(3)4-16(15)18)21-14-6-12(9-20)5-13(19)7-14/h4-8,10H,1-3H3. The Kier molecular flexibility index (Phi) is 4.50. The molecule has 2 aromatic rings. The van der Waals surface area contributed by atoms with Crippen LogP contribution in [-0.2, 0) is 0 Å². The fourth-order valence-corrected chi connectivity index (χ4v) is 2.47. The average molecular weight is 304 g/mol. The van der Waals surface area contributed by atoms with Crippen molar-refractivity contribution < 1.29 is 9.13 Å². The molecule has 0 radical (unpaired) electrons. The molecule has 0 N–H and O–H groups in total. The third-order valence-electron chi connectivity index (χ3n) is 3.14. The van der Waals surface area contributed by atoms with Gasteiger partial charge in [-0.3, -0.25) is 0 Å². The molecule has 0 saturated heterocycles. The Morgan fingerprint density at radius 1 is 1.19 bits per heavy atom. The van der Waals surface area contributed by atoms with Crippen LogP contribution in [-0.4, -0.2) is 0 Å². The maximum Gasteiger partial charge on any atom is 0.131 e. The normalized spacial score (nSPS) is 10.5. The second-order valence-corrected chi connectivity index (χ2v) is 5.59. The molecule has 0 amide bonds. The van der Waals surface area contributed by atoms with Crippen molar-refractivity contribution >= 4 is 11.6 Å². The number of ether oxygens (including phenoxy) is 1. The van der Waals surface area contributed by atoms with E-state index in [1.807, 2.05) is 39.0 Å². The second kappa shape index (κ2) is 6.15. The average Bonchev–Trinajstić information content (AvgIpc) is 2.40. The Balaban J connectivity index is 2.42. The van der Waals surface area contributed by atoms with E-state index in [0.29, 0.717) is 16.5 Å². The molecule has 0 heterocycles. The molecule has 0 spiro atoms. The van der Waals surface area contributed by atoms with Gasteiger partial charge >= 0.3 is 0 Å². The van der Waals surface area contributed by atoms with Crippen molar-refractivity contribution in [3.05, 3.63) is 57.9 Å². The number of hydrogen-bond acceptors (Lipinski definition) is 2. The van der Waals surface area contributed by atoms with E-state index in [-0.39, 0.29) is 11.5 Å². The molecular weight excluding hydrogens is 289 g/mol. The highest BCUT2D eigenvalue weighted by Gasteiger charge is 2.11. The van der Waals surface area contributed by atoms with Crippen molar-refractivity contribution in [2.75, 3.05) is 0 Å². The van der Waals surface area contributed by atoms with Crippen LogP contribution in [0.5, 0.6) is 11.5 Å². The Bertz CT molecular complexity index is 719. The fourth-order valence-electron chi connectivity index (χ4n) is 2.03. The molecule has 0 aliphatic heterocycles. The van der Waals surface area contributed by atoms with Gasteiger partial charge in [-0.25, -0.2) is 4.39 Å². The predicted molar refractivity (Wildman–Crippen MR) is 81.5 cm³/mol. The zero-order valence-corrected chi connectivity index (χ0v) is 12.8. The summed E-state index contributed by atoms with van der Waals surface area (Å²) in [5, 5.41) is 9.56. The number of rotatable bonds is 3. The van der Waals surface area contributed by atoms with Crippen LogP contribution in [0, 0.1) is 24.1 Å². The molecular formula is C17H15ClFNO. The van der Waals surface area contributed by atoms with Gasteiger partial charge in [-0.05, 0) is 48.2 Å². The van der Waals surface area contributed by atoms with Crippen LogP contribution in [0.4, 0.5) is 4.39 Å². The van der Waals surface area contributed by atoms with Crippen molar-refractivity contribution in [1.82, 2.24) is 0 Å². The van der Waals surface area contributed by atoms with Crippen LogP contribution < -0.4 is 4.74 Å². The molecule has 2 rings (SSSR count). The van der Waals surface area contributed by atoms with E-state index in [1.54, 1.807) is 0 Å². The Labute approximate surface area is 128 Å². The van der Waals surface area contributed by atoms with Gasteiger partial charge in [0.2, 0.25) is 0 Å². The van der Waals surface area contributed by atoms with Gasteiger partial charge in [0.15, 0.2) is 0 Å². The highest BCUT2D eigenvalue weighted by Crippen LogP contribution is 2.34. The Morgan fingerprint density at radius 3 is 2.52 bits per heavy atom. The number of nitrogens with zero attached hydrogens (tertiary/aromatic N) is 1. The van der Waals surface area contributed by atoms with E-state index in [1.165, 1.54) is 18.2 Å². The largest absolute Gasteiger partial charge is 0.457 e. The molecule has 0 bridgehead atoms. The first kappa shape index (κ1) is 15.3. The second-order valence-electron chi connectivity index (χ2n) is 5.18. The van der Waals surface area contributed by atoms with E-state index in [0.717, 1.165) is 11.1 Å². The summed E-state index contributed by atoms with van der Waals surface area (Å²) in [5.74, 6) is 0.659. The first-order chi connectivity index (χ1) is 9.90. The van der Waals surface area contributed by atoms with Crippen molar-refractivity contribution in [3.8, 4) is 17.6 Å². The molecule has 0 fully saturated rings. The maximum absolute atomic E-state index is 13.4. The number of halogens is 2. The van der Waals surface area contributed by atoms with Gasteiger partial charge in [0, 0.05) is 11.1 Å². The van der Waals surface area contributed by atoms with Gasteiger partial charge in [0.1, 0.15) is 17.3 Å². The van der Waals surface area contributed by atoms with E-state index >= 15 is 0 Å². The van der Waals surface area contributed by atoms with E-state index in [4.69, 9.17) is 21.6 Å². The topological polar surface area (TPSA) is 33.0 Å². The lowest BCUT2D eigenvalue weighted by molar-refractivity contribution is 0.472. The summed E-state index contributed by atoms with van der Waals surface area (Å²) in [4.78, 5) is 0. The summed E-state index contributed by atoms with van der Waals surface area (Å²) in [6, 6.07) is 9.52. The lowest BCUT2D eigenvalue weighted by atomic mass is 10.0. The van der Waals surface area contributed by atoms with Crippen LogP contribution >= 0.6 is 11.6 Å². The lowest BCUT2D eigenvalue weighted by Gasteiger charge is -2.14. The summed E-state index contributed by atoms with van der Waals surface area (Å²) in [5.41, 5.74) is 2.04. The van der Waals surface area contributed by atoms with Crippen molar-refractivity contribution in [1.29, 1.82) is 5.26 Å². The van der Waals surface area contributed by atoms with E-state index in [9.17, 15) is 4.39 Å². The lowest BCUT2D eigenvalue weighted by Crippen LogP contribution is -1.95. The van der Waals surface area contributed by atoms with Crippen molar-refractivity contribution in [2.45, 2.75) is 26.7 Å². The molecule has 108 valence electrons. The Hall–Kier alpha value is -2.05. The van der Waals surface area contributed by atoms with Crippen molar-refractivity contribution in [2.24, 2.45) is 0 Å². The molecule has 0 saturated carbocycles. The minimum atomic E-state index is -0.500. The summed E-state index contributed by atoms with van der Waals surface area (Å²) in [6.07, 6.45) is 0. The molecule has 0 aromatic heterocycles. The maximum atomic E-state index is 13.4. The monoisotopic (exact) mass is 303 g/mol. The number of benzene rings is 2. The SMILES string of the molecule is Cc1cc(Cl)c(C(C)C)cc1Oc1cc(F)cc(C#N)c1. The third-order valence-corrected chi connectivity index (χ3v) is 3.47. The van der Waals surface area contributed by atoms with Crippen LogP contribution in [0.25, 0.3) is 0 Å². The highest BCUT2D eigenvalue weighted by atomic mass is 35.5. The van der Waals surface area contributed by atoms with Crippen LogP contribution in [0.2, 0.25) is 5.02 Å². The van der Waals surface area contributed by atoms with Gasteiger partial charge in [0.25, 0.3) is 0 Å². The van der Waals surface area contributed by atoms with Crippen LogP contribution in [0.1, 0.15) is 36.5 Å². The van der Waals surface area contributed by atoms with Crippen molar-refractivity contribution in [3.63, 3.8) is 0 Å². The van der Waals surface area contributed by atoms with E-state index in [2.05, 4.69) is 0 Å². The van der Waals surface area contributed by atoms with E-state index < -0.39 is 5.82 Å². The molecule has 0 aliphatic carbocycles. The number of aryl methyl sites for hydroxylation is 1.